The zero-order valence-corrected chi connectivity index (χ0v) is 10.9. The Bertz CT molecular complexity index is 487. The molecule has 1 aromatic carbocycles. The van der Waals surface area contributed by atoms with Gasteiger partial charge in [0.15, 0.2) is 0 Å². The second-order valence-corrected chi connectivity index (χ2v) is 4.21. The van der Waals surface area contributed by atoms with Crippen molar-refractivity contribution in [2.75, 3.05) is 7.11 Å². The monoisotopic (exact) mass is 258 g/mol. The Morgan fingerprint density at radius 2 is 1.89 bits per heavy atom. The Labute approximate surface area is 112 Å². The van der Waals surface area contributed by atoms with E-state index in [2.05, 4.69) is 27.5 Å². The van der Waals surface area contributed by atoms with Crippen molar-refractivity contribution < 1.29 is 4.74 Å². The number of hydrogen-bond donors (Lipinski definition) is 2. The van der Waals surface area contributed by atoms with E-state index in [1.165, 1.54) is 5.56 Å². The van der Waals surface area contributed by atoms with Crippen LogP contribution in [0.2, 0.25) is 0 Å². The quantitative estimate of drug-likeness (QED) is 0.608. The maximum Gasteiger partial charge on any atom is 0.146 e. The largest absolute Gasteiger partial charge is 0.497 e. The van der Waals surface area contributed by atoms with Gasteiger partial charge in [-0.1, -0.05) is 12.1 Å². The summed E-state index contributed by atoms with van der Waals surface area (Å²) in [5.41, 5.74) is 3.99. The summed E-state index contributed by atoms with van der Waals surface area (Å²) >= 11 is 0. The van der Waals surface area contributed by atoms with Gasteiger partial charge in [-0.15, -0.1) is 0 Å². The van der Waals surface area contributed by atoms with Gasteiger partial charge in [0.05, 0.1) is 13.2 Å². The first kappa shape index (κ1) is 13.5. The minimum Gasteiger partial charge on any atom is -0.497 e. The van der Waals surface area contributed by atoms with E-state index < -0.39 is 0 Å². The fourth-order valence-corrected chi connectivity index (χ4v) is 1.88. The number of ether oxygens (including phenoxy) is 1. The van der Waals surface area contributed by atoms with Crippen molar-refractivity contribution in [3.8, 4) is 5.75 Å². The number of nitrogens with two attached hydrogens (primary N) is 1. The number of benzene rings is 1. The van der Waals surface area contributed by atoms with Gasteiger partial charge in [-0.25, -0.2) is 15.4 Å². The molecule has 0 aliphatic heterocycles. The third kappa shape index (κ3) is 3.74. The van der Waals surface area contributed by atoms with Gasteiger partial charge >= 0.3 is 0 Å². The summed E-state index contributed by atoms with van der Waals surface area (Å²) in [5.74, 6) is 7.15. The van der Waals surface area contributed by atoms with E-state index >= 15 is 0 Å². The van der Waals surface area contributed by atoms with E-state index in [4.69, 9.17) is 10.6 Å². The molecule has 1 heterocycles. The maximum absolute atomic E-state index is 5.56. The average Bonchev–Trinajstić information content (AvgIpc) is 2.49. The molecule has 19 heavy (non-hydrogen) atoms. The summed E-state index contributed by atoms with van der Waals surface area (Å²) in [6.07, 6.45) is 5.18. The molecule has 5 heteroatoms. The third-order valence-electron chi connectivity index (χ3n) is 2.98. The van der Waals surface area contributed by atoms with Gasteiger partial charge in [0.25, 0.3) is 0 Å². The molecule has 0 aliphatic rings. The molecular formula is C14H18N4O. The first-order chi connectivity index (χ1) is 9.33. The SMILES string of the molecule is COc1ccc(CCC(NN)c2ncccn2)cc1. The summed E-state index contributed by atoms with van der Waals surface area (Å²) in [6, 6.07) is 9.78. The Morgan fingerprint density at radius 3 is 2.47 bits per heavy atom. The van der Waals surface area contributed by atoms with Crippen molar-refractivity contribution in [1.82, 2.24) is 15.4 Å². The van der Waals surface area contributed by atoms with Gasteiger partial charge in [0, 0.05) is 12.4 Å². The van der Waals surface area contributed by atoms with Crippen LogP contribution in [0.5, 0.6) is 5.75 Å². The highest BCUT2D eigenvalue weighted by Gasteiger charge is 2.11. The van der Waals surface area contributed by atoms with Crippen molar-refractivity contribution in [3.05, 3.63) is 54.1 Å². The highest BCUT2D eigenvalue weighted by molar-refractivity contribution is 5.27. The Kier molecular flexibility index (Phi) is 4.83. The van der Waals surface area contributed by atoms with Crippen LogP contribution in [0.4, 0.5) is 0 Å². The first-order valence-electron chi connectivity index (χ1n) is 6.19. The second-order valence-electron chi connectivity index (χ2n) is 4.21. The highest BCUT2D eigenvalue weighted by atomic mass is 16.5. The Balaban J connectivity index is 1.96. The maximum atomic E-state index is 5.56. The number of nitrogens with zero attached hydrogens (tertiary/aromatic N) is 2. The van der Waals surface area contributed by atoms with Gasteiger partial charge in [-0.05, 0) is 36.6 Å². The number of nitrogens with one attached hydrogen (secondary N) is 1. The Morgan fingerprint density at radius 1 is 1.21 bits per heavy atom. The van der Waals surface area contributed by atoms with Crippen molar-refractivity contribution in [2.45, 2.75) is 18.9 Å². The third-order valence-corrected chi connectivity index (χ3v) is 2.98. The molecule has 3 N–H and O–H groups in total. The van der Waals surface area contributed by atoms with Gasteiger partial charge in [0.2, 0.25) is 0 Å². The molecule has 0 saturated carbocycles. The van der Waals surface area contributed by atoms with Crippen LogP contribution in [0.15, 0.2) is 42.7 Å². The summed E-state index contributed by atoms with van der Waals surface area (Å²) < 4.78 is 5.13. The van der Waals surface area contributed by atoms with Crippen molar-refractivity contribution in [1.29, 1.82) is 0 Å². The number of methoxy groups -OCH3 is 1. The fraction of sp³-hybridized carbons (Fsp3) is 0.286. The number of aromatic nitrogens is 2. The Hall–Kier alpha value is -1.98. The van der Waals surface area contributed by atoms with E-state index in [0.717, 1.165) is 24.4 Å². The zero-order valence-electron chi connectivity index (χ0n) is 10.9. The predicted octanol–water partition coefficient (Wildman–Crippen LogP) is 1.62. The molecule has 1 unspecified atom stereocenters. The normalized spacial score (nSPS) is 12.1. The average molecular weight is 258 g/mol. The number of aryl methyl sites for hydroxylation is 1. The standard InChI is InChI=1S/C14H18N4O/c1-19-12-6-3-11(4-7-12)5-8-13(18-15)14-16-9-2-10-17-14/h2-4,6-7,9-10,13,18H,5,8,15H2,1H3. The van der Waals surface area contributed by atoms with Crippen LogP contribution in [0.3, 0.4) is 0 Å². The summed E-state index contributed by atoms with van der Waals surface area (Å²) in [4.78, 5) is 8.43. The van der Waals surface area contributed by atoms with Crippen LogP contribution in [0.25, 0.3) is 0 Å². The minimum absolute atomic E-state index is 0.0386. The van der Waals surface area contributed by atoms with Gasteiger partial charge < -0.3 is 4.74 Å². The van der Waals surface area contributed by atoms with E-state index in [9.17, 15) is 0 Å². The summed E-state index contributed by atoms with van der Waals surface area (Å²) in [7, 11) is 1.66. The highest BCUT2D eigenvalue weighted by Crippen LogP contribution is 2.17. The molecule has 1 aromatic heterocycles. The lowest BCUT2D eigenvalue weighted by Gasteiger charge is -2.14. The molecule has 0 amide bonds. The van der Waals surface area contributed by atoms with Gasteiger partial charge in [-0.2, -0.15) is 0 Å². The lowest BCUT2D eigenvalue weighted by atomic mass is 10.0. The number of hydrazine groups is 1. The van der Waals surface area contributed by atoms with E-state index in [1.807, 2.05) is 12.1 Å². The zero-order chi connectivity index (χ0) is 13.5. The lowest BCUT2D eigenvalue weighted by molar-refractivity contribution is 0.414. The second kappa shape index (κ2) is 6.82. The lowest BCUT2D eigenvalue weighted by Crippen LogP contribution is -2.29. The summed E-state index contributed by atoms with van der Waals surface area (Å²) in [6.45, 7) is 0. The van der Waals surface area contributed by atoms with E-state index in [-0.39, 0.29) is 6.04 Å². The van der Waals surface area contributed by atoms with Crippen LogP contribution in [0.1, 0.15) is 23.9 Å². The van der Waals surface area contributed by atoms with E-state index in [0.29, 0.717) is 0 Å². The number of hydrogen-bond acceptors (Lipinski definition) is 5. The van der Waals surface area contributed by atoms with Crippen LogP contribution < -0.4 is 16.0 Å². The van der Waals surface area contributed by atoms with Crippen LogP contribution in [-0.2, 0) is 6.42 Å². The molecule has 2 aromatic rings. The van der Waals surface area contributed by atoms with Crippen LogP contribution in [0, 0.1) is 0 Å². The van der Waals surface area contributed by atoms with Crippen molar-refractivity contribution in [3.63, 3.8) is 0 Å². The number of rotatable bonds is 6. The van der Waals surface area contributed by atoms with Gasteiger partial charge in [0.1, 0.15) is 11.6 Å². The smallest absolute Gasteiger partial charge is 0.146 e. The molecule has 5 nitrogen and oxygen atoms in total. The molecule has 0 bridgehead atoms. The molecule has 2 rings (SSSR count). The minimum atomic E-state index is -0.0386. The molecule has 0 spiro atoms. The fourth-order valence-electron chi connectivity index (χ4n) is 1.88. The van der Waals surface area contributed by atoms with Crippen molar-refractivity contribution >= 4 is 0 Å². The molecule has 100 valence electrons. The molecule has 0 saturated heterocycles. The van der Waals surface area contributed by atoms with Crippen LogP contribution >= 0.6 is 0 Å². The molecule has 1 atom stereocenters. The summed E-state index contributed by atoms with van der Waals surface area (Å²) in [5, 5.41) is 0. The molecule has 0 fully saturated rings. The molecule has 0 radical (unpaired) electrons. The van der Waals surface area contributed by atoms with Crippen molar-refractivity contribution in [2.24, 2.45) is 5.84 Å². The topological polar surface area (TPSA) is 73.1 Å². The predicted molar refractivity (Wildman–Crippen MR) is 73.4 cm³/mol. The van der Waals surface area contributed by atoms with E-state index in [1.54, 1.807) is 25.6 Å². The molecular weight excluding hydrogens is 240 g/mol. The van der Waals surface area contributed by atoms with Gasteiger partial charge in [-0.3, -0.25) is 5.84 Å². The first-order valence-corrected chi connectivity index (χ1v) is 6.19. The van der Waals surface area contributed by atoms with Crippen LogP contribution in [-0.4, -0.2) is 17.1 Å². The molecule has 0 aliphatic carbocycles.